The van der Waals surface area contributed by atoms with Crippen molar-refractivity contribution in [3.05, 3.63) is 28.0 Å². The van der Waals surface area contributed by atoms with Crippen LogP contribution in [0, 0.1) is 16.0 Å². The van der Waals surface area contributed by atoms with E-state index >= 15 is 0 Å². The number of nitrogens with zero attached hydrogens (tertiary/aromatic N) is 1. The topological polar surface area (TPSA) is 123 Å². The summed E-state index contributed by atoms with van der Waals surface area (Å²) in [6.45, 7) is 1.93. The van der Waals surface area contributed by atoms with Crippen LogP contribution in [-0.4, -0.2) is 27.4 Å². The van der Waals surface area contributed by atoms with Crippen molar-refractivity contribution >= 4 is 17.8 Å². The summed E-state index contributed by atoms with van der Waals surface area (Å²) in [5, 5.41) is 22.4. The first-order valence-corrected chi connectivity index (χ1v) is 6.64. The highest BCUT2D eigenvalue weighted by Crippen LogP contribution is 2.33. The summed E-state index contributed by atoms with van der Waals surface area (Å²) >= 11 is 0. The molecule has 2 unspecified atom stereocenters. The molecule has 8 nitrogen and oxygen atoms in total. The fraction of sp³-hybridized carbons (Fsp3) is 0.538. The first kappa shape index (κ1) is 15.0. The van der Waals surface area contributed by atoms with Crippen LogP contribution < -0.4 is 5.32 Å². The molecule has 2 N–H and O–H groups in total. The van der Waals surface area contributed by atoms with E-state index in [0.29, 0.717) is 19.3 Å². The fourth-order valence-corrected chi connectivity index (χ4v) is 2.74. The lowest BCUT2D eigenvalue weighted by molar-refractivity contribution is -0.402. The lowest BCUT2D eigenvalue weighted by Crippen LogP contribution is -2.56. The largest absolute Gasteiger partial charge is 0.480 e. The smallest absolute Gasteiger partial charge is 0.433 e. The zero-order chi connectivity index (χ0) is 15.6. The predicted octanol–water partition coefficient (Wildman–Crippen LogP) is 1.95. The number of hydrogen-bond donors (Lipinski definition) is 2. The molecule has 1 heterocycles. The summed E-state index contributed by atoms with van der Waals surface area (Å²) in [6, 6.07) is 2.22. The molecule has 0 aromatic carbocycles. The highest BCUT2D eigenvalue weighted by Gasteiger charge is 2.43. The number of carbonyl (C=O) groups excluding carboxylic acids is 1. The summed E-state index contributed by atoms with van der Waals surface area (Å²) in [4.78, 5) is 33.4. The highest BCUT2D eigenvalue weighted by atomic mass is 16.6. The number of hydrogen-bond acceptors (Lipinski definition) is 5. The van der Waals surface area contributed by atoms with Crippen molar-refractivity contribution in [1.82, 2.24) is 5.32 Å². The number of amides is 1. The van der Waals surface area contributed by atoms with Crippen molar-refractivity contribution in [2.24, 2.45) is 5.92 Å². The summed E-state index contributed by atoms with van der Waals surface area (Å²) in [5.74, 6) is -2.48. The summed E-state index contributed by atoms with van der Waals surface area (Å²) < 4.78 is 4.80. The molecule has 0 aliphatic heterocycles. The first-order chi connectivity index (χ1) is 9.84. The predicted molar refractivity (Wildman–Crippen MR) is 70.8 cm³/mol. The molecule has 8 heteroatoms. The maximum atomic E-state index is 12.1. The minimum absolute atomic E-state index is 0.182. The molecule has 1 fully saturated rings. The Kier molecular flexibility index (Phi) is 3.97. The van der Waals surface area contributed by atoms with E-state index < -0.39 is 28.2 Å². The summed E-state index contributed by atoms with van der Waals surface area (Å²) in [6.07, 6.45) is 2.28. The second-order valence-corrected chi connectivity index (χ2v) is 5.44. The third-order valence-electron chi connectivity index (χ3n) is 3.76. The van der Waals surface area contributed by atoms with Gasteiger partial charge in [0.25, 0.3) is 5.91 Å². The molecule has 2 rings (SSSR count). The quantitative estimate of drug-likeness (QED) is 0.646. The van der Waals surface area contributed by atoms with Crippen LogP contribution >= 0.6 is 0 Å². The van der Waals surface area contributed by atoms with Gasteiger partial charge >= 0.3 is 11.9 Å². The van der Waals surface area contributed by atoms with Gasteiger partial charge in [0.05, 0.1) is 6.07 Å². The van der Waals surface area contributed by atoms with Gasteiger partial charge in [-0.2, -0.15) is 0 Å². The Bertz CT molecular complexity index is 581. The van der Waals surface area contributed by atoms with Gasteiger partial charge in [-0.25, -0.2) is 4.79 Å². The number of carboxylic acids is 1. The van der Waals surface area contributed by atoms with Crippen LogP contribution in [0.5, 0.6) is 0 Å². The lowest BCUT2D eigenvalue weighted by Gasteiger charge is -2.36. The molecule has 1 amide bonds. The molecular formula is C13H16N2O6. The Labute approximate surface area is 120 Å². The molecule has 1 saturated carbocycles. The maximum absolute atomic E-state index is 12.1. The third-order valence-corrected chi connectivity index (χ3v) is 3.76. The first-order valence-electron chi connectivity index (χ1n) is 6.64. The molecule has 1 aromatic heterocycles. The van der Waals surface area contributed by atoms with E-state index in [4.69, 9.17) is 4.42 Å². The second-order valence-electron chi connectivity index (χ2n) is 5.44. The molecular weight excluding hydrogens is 280 g/mol. The monoisotopic (exact) mass is 296 g/mol. The molecule has 1 aromatic rings. The van der Waals surface area contributed by atoms with Crippen LogP contribution in [0.15, 0.2) is 16.5 Å². The molecule has 2 atom stereocenters. The van der Waals surface area contributed by atoms with Crippen LogP contribution in [-0.2, 0) is 4.79 Å². The molecule has 114 valence electrons. The van der Waals surface area contributed by atoms with E-state index in [9.17, 15) is 24.8 Å². The van der Waals surface area contributed by atoms with E-state index in [1.807, 2.05) is 6.92 Å². The maximum Gasteiger partial charge on any atom is 0.433 e. The Morgan fingerprint density at radius 3 is 2.76 bits per heavy atom. The number of carboxylic acid groups (broad SMARTS) is 1. The second kappa shape index (κ2) is 5.55. The van der Waals surface area contributed by atoms with Gasteiger partial charge in [-0.15, -0.1) is 0 Å². The van der Waals surface area contributed by atoms with E-state index in [2.05, 4.69) is 5.32 Å². The fourth-order valence-electron chi connectivity index (χ4n) is 2.74. The Hall–Kier alpha value is -2.38. The SMILES string of the molecule is CC1CCCC(NC(=O)c2ccc([N+](=O)[O-])o2)(C(=O)O)C1. The van der Waals surface area contributed by atoms with Gasteiger partial charge < -0.3 is 14.8 Å². The molecule has 0 saturated heterocycles. The van der Waals surface area contributed by atoms with E-state index in [0.717, 1.165) is 18.6 Å². The van der Waals surface area contributed by atoms with Gasteiger partial charge in [-0.1, -0.05) is 19.8 Å². The average Bonchev–Trinajstić information content (AvgIpc) is 2.88. The van der Waals surface area contributed by atoms with Gasteiger partial charge in [-0.05, 0) is 24.8 Å². The van der Waals surface area contributed by atoms with Crippen molar-refractivity contribution in [3.63, 3.8) is 0 Å². The average molecular weight is 296 g/mol. The molecule has 1 aliphatic carbocycles. The van der Waals surface area contributed by atoms with E-state index in [1.54, 1.807) is 0 Å². The number of rotatable bonds is 4. The number of aliphatic carboxylic acids is 1. The van der Waals surface area contributed by atoms with Crippen molar-refractivity contribution < 1.29 is 24.0 Å². The normalized spacial score (nSPS) is 25.3. The number of furan rings is 1. The minimum Gasteiger partial charge on any atom is -0.480 e. The Morgan fingerprint density at radius 1 is 1.52 bits per heavy atom. The van der Waals surface area contributed by atoms with E-state index in [1.165, 1.54) is 0 Å². The Balaban J connectivity index is 2.18. The summed E-state index contributed by atoms with van der Waals surface area (Å²) in [5.41, 5.74) is -1.34. The zero-order valence-corrected chi connectivity index (χ0v) is 11.5. The standard InChI is InChI=1S/C13H16N2O6/c1-8-3-2-6-13(7-8,12(17)18)14-11(16)9-4-5-10(21-9)15(19)20/h4-5,8H,2-3,6-7H2,1H3,(H,14,16)(H,17,18). The van der Waals surface area contributed by atoms with Crippen molar-refractivity contribution in [2.45, 2.75) is 38.1 Å². The van der Waals surface area contributed by atoms with Crippen LogP contribution in [0.1, 0.15) is 43.2 Å². The molecule has 1 aliphatic rings. The highest BCUT2D eigenvalue weighted by molar-refractivity contribution is 5.96. The van der Waals surface area contributed by atoms with E-state index in [-0.39, 0.29) is 11.7 Å². The van der Waals surface area contributed by atoms with Crippen molar-refractivity contribution in [1.29, 1.82) is 0 Å². The number of carbonyl (C=O) groups is 2. The Morgan fingerprint density at radius 2 is 2.24 bits per heavy atom. The molecule has 0 radical (unpaired) electrons. The minimum atomic E-state index is -1.34. The molecule has 0 bridgehead atoms. The molecule has 21 heavy (non-hydrogen) atoms. The van der Waals surface area contributed by atoms with Gasteiger partial charge in [0.15, 0.2) is 5.76 Å². The van der Waals surface area contributed by atoms with Crippen molar-refractivity contribution in [3.8, 4) is 0 Å². The van der Waals surface area contributed by atoms with Crippen LogP contribution in [0.25, 0.3) is 0 Å². The van der Waals surface area contributed by atoms with Gasteiger partial charge in [0, 0.05) is 0 Å². The number of nitro groups is 1. The van der Waals surface area contributed by atoms with Gasteiger partial charge in [-0.3, -0.25) is 14.9 Å². The van der Waals surface area contributed by atoms with Crippen LogP contribution in [0.3, 0.4) is 0 Å². The van der Waals surface area contributed by atoms with Crippen LogP contribution in [0.2, 0.25) is 0 Å². The zero-order valence-electron chi connectivity index (χ0n) is 11.5. The van der Waals surface area contributed by atoms with Gasteiger partial charge in [0.1, 0.15) is 10.5 Å². The van der Waals surface area contributed by atoms with Crippen molar-refractivity contribution in [2.75, 3.05) is 0 Å². The lowest BCUT2D eigenvalue weighted by atomic mass is 9.76. The summed E-state index contributed by atoms with van der Waals surface area (Å²) in [7, 11) is 0. The van der Waals surface area contributed by atoms with Crippen LogP contribution in [0.4, 0.5) is 5.88 Å². The number of nitrogens with one attached hydrogen (secondary N) is 1. The van der Waals surface area contributed by atoms with Gasteiger partial charge in [0.2, 0.25) is 0 Å². The third kappa shape index (κ3) is 3.04. The molecule has 0 spiro atoms.